The number of carbonyl (C=O) groups excluding carboxylic acids is 1. The first-order chi connectivity index (χ1) is 8.08. The third-order valence-corrected chi connectivity index (χ3v) is 3.96. The lowest BCUT2D eigenvalue weighted by Gasteiger charge is -2.27. The molecule has 7 nitrogen and oxygen atoms in total. The Bertz CT molecular complexity index is 398. The molecule has 2 aliphatic heterocycles. The van der Waals surface area contributed by atoms with Crippen molar-refractivity contribution in [3.8, 4) is 0 Å². The van der Waals surface area contributed by atoms with Crippen LogP contribution in [0, 0.1) is 0 Å². The highest BCUT2D eigenvalue weighted by Gasteiger charge is 2.35. The zero-order valence-electron chi connectivity index (χ0n) is 9.00. The maximum Gasteiger partial charge on any atom is 0.353 e. The highest BCUT2D eigenvalue weighted by Crippen LogP contribution is 2.14. The molecule has 1 saturated heterocycles. The number of carboxylic acid groups (broad SMARTS) is 1. The summed E-state index contributed by atoms with van der Waals surface area (Å²) in [6.45, 7) is 0.849. The van der Waals surface area contributed by atoms with Crippen LogP contribution in [0.3, 0.4) is 0 Å². The van der Waals surface area contributed by atoms with E-state index >= 15 is 0 Å². The van der Waals surface area contributed by atoms with Gasteiger partial charge in [-0.1, -0.05) is 5.16 Å². The normalized spacial score (nSPS) is 25.3. The molecule has 94 valence electrons. The van der Waals surface area contributed by atoms with Crippen LogP contribution in [-0.2, 0) is 25.2 Å². The van der Waals surface area contributed by atoms with Crippen LogP contribution in [0.1, 0.15) is 6.42 Å². The van der Waals surface area contributed by atoms with Gasteiger partial charge in [-0.25, -0.2) is 4.79 Å². The predicted molar refractivity (Wildman–Crippen MR) is 59.0 cm³/mol. The molecule has 8 heteroatoms. The summed E-state index contributed by atoms with van der Waals surface area (Å²) >= 11 is 0. The van der Waals surface area contributed by atoms with Crippen LogP contribution in [0.15, 0.2) is 5.16 Å². The SMILES string of the molecule is O=C(O)C1=NOC(C(=O)N2CCS(=O)CC2)C1. The minimum Gasteiger partial charge on any atom is -0.477 e. The van der Waals surface area contributed by atoms with Gasteiger partial charge in [-0.2, -0.15) is 0 Å². The molecule has 2 aliphatic rings. The first kappa shape index (κ1) is 12.0. The molecule has 0 aromatic heterocycles. The van der Waals surface area contributed by atoms with Crippen molar-refractivity contribution in [3.63, 3.8) is 0 Å². The van der Waals surface area contributed by atoms with E-state index in [1.54, 1.807) is 4.90 Å². The fourth-order valence-corrected chi connectivity index (χ4v) is 2.75. The van der Waals surface area contributed by atoms with Crippen molar-refractivity contribution in [2.75, 3.05) is 24.6 Å². The highest BCUT2D eigenvalue weighted by atomic mass is 32.2. The minimum atomic E-state index is -1.17. The van der Waals surface area contributed by atoms with Crippen LogP contribution in [0.2, 0.25) is 0 Å². The molecule has 1 N–H and O–H groups in total. The maximum atomic E-state index is 11.9. The molecular weight excluding hydrogens is 248 g/mol. The van der Waals surface area contributed by atoms with Crippen LogP contribution in [-0.4, -0.2) is 62.5 Å². The summed E-state index contributed by atoms with van der Waals surface area (Å²) in [5, 5.41) is 12.0. The Labute approximate surface area is 99.9 Å². The molecule has 0 aliphatic carbocycles. The second-order valence-corrected chi connectivity index (χ2v) is 5.51. The quantitative estimate of drug-likeness (QED) is 0.673. The van der Waals surface area contributed by atoms with Crippen molar-refractivity contribution in [1.82, 2.24) is 4.90 Å². The molecule has 1 unspecified atom stereocenters. The van der Waals surface area contributed by atoms with Crippen molar-refractivity contribution < 1.29 is 23.7 Å². The Morgan fingerprint density at radius 3 is 2.59 bits per heavy atom. The third-order valence-electron chi connectivity index (χ3n) is 2.68. The monoisotopic (exact) mass is 260 g/mol. The summed E-state index contributed by atoms with van der Waals surface area (Å²) in [7, 11) is -0.851. The molecule has 1 amide bonds. The van der Waals surface area contributed by atoms with Gasteiger partial charge in [0.1, 0.15) is 0 Å². The topological polar surface area (TPSA) is 96.3 Å². The lowest BCUT2D eigenvalue weighted by molar-refractivity contribution is -0.141. The van der Waals surface area contributed by atoms with Gasteiger partial charge in [-0.15, -0.1) is 0 Å². The van der Waals surface area contributed by atoms with Crippen LogP contribution >= 0.6 is 0 Å². The van der Waals surface area contributed by atoms with E-state index in [1.807, 2.05) is 0 Å². The van der Waals surface area contributed by atoms with Crippen LogP contribution in [0.4, 0.5) is 0 Å². The summed E-state index contributed by atoms with van der Waals surface area (Å²) in [6.07, 6.45) is -0.846. The lowest BCUT2D eigenvalue weighted by Crippen LogP contribution is -2.46. The summed E-state index contributed by atoms with van der Waals surface area (Å²) in [5.41, 5.74) is -0.135. The largest absolute Gasteiger partial charge is 0.477 e. The molecule has 0 aromatic carbocycles. The molecule has 0 radical (unpaired) electrons. The first-order valence-electron chi connectivity index (χ1n) is 5.17. The van der Waals surface area contributed by atoms with E-state index in [1.165, 1.54) is 0 Å². The number of hydrogen-bond acceptors (Lipinski definition) is 5. The Morgan fingerprint density at radius 2 is 2.06 bits per heavy atom. The van der Waals surface area contributed by atoms with Crippen LogP contribution in [0.25, 0.3) is 0 Å². The third kappa shape index (κ3) is 2.63. The second-order valence-electron chi connectivity index (χ2n) is 3.81. The summed E-state index contributed by atoms with van der Waals surface area (Å²) in [4.78, 5) is 28.9. The zero-order valence-corrected chi connectivity index (χ0v) is 9.81. The minimum absolute atomic E-state index is 0.00619. The Hall–Kier alpha value is -1.44. The smallest absolute Gasteiger partial charge is 0.353 e. The van der Waals surface area contributed by atoms with Crippen LogP contribution in [0.5, 0.6) is 0 Å². The Kier molecular flexibility index (Phi) is 3.41. The van der Waals surface area contributed by atoms with Gasteiger partial charge in [0.25, 0.3) is 5.91 Å². The number of oxime groups is 1. The van der Waals surface area contributed by atoms with Gasteiger partial charge in [0.2, 0.25) is 6.10 Å². The van der Waals surface area contributed by atoms with E-state index in [0.29, 0.717) is 24.6 Å². The fraction of sp³-hybridized carbons (Fsp3) is 0.667. The van der Waals surface area contributed by atoms with E-state index in [0.717, 1.165) is 0 Å². The lowest BCUT2D eigenvalue weighted by atomic mass is 10.1. The fourth-order valence-electron chi connectivity index (χ4n) is 1.70. The van der Waals surface area contributed by atoms with Crippen molar-refractivity contribution in [2.24, 2.45) is 5.16 Å². The summed E-state index contributed by atoms with van der Waals surface area (Å²) in [6, 6.07) is 0. The summed E-state index contributed by atoms with van der Waals surface area (Å²) < 4.78 is 11.1. The average Bonchev–Trinajstić information content (AvgIpc) is 2.78. The van der Waals surface area contributed by atoms with E-state index in [-0.39, 0.29) is 18.0 Å². The van der Waals surface area contributed by atoms with Gasteiger partial charge in [0.15, 0.2) is 5.71 Å². The molecule has 0 spiro atoms. The predicted octanol–water partition coefficient (Wildman–Crippen LogP) is -1.19. The van der Waals surface area contributed by atoms with Crippen molar-refractivity contribution >= 4 is 28.4 Å². The van der Waals surface area contributed by atoms with E-state index in [4.69, 9.17) is 9.94 Å². The highest BCUT2D eigenvalue weighted by molar-refractivity contribution is 7.85. The molecule has 1 atom stereocenters. The van der Waals surface area contributed by atoms with Gasteiger partial charge in [-0.05, 0) is 0 Å². The molecule has 17 heavy (non-hydrogen) atoms. The molecule has 1 fully saturated rings. The second kappa shape index (κ2) is 4.82. The van der Waals surface area contributed by atoms with Gasteiger partial charge in [0.05, 0.1) is 0 Å². The number of aliphatic carboxylic acids is 1. The number of carboxylic acids is 1. The molecule has 0 saturated carbocycles. The Morgan fingerprint density at radius 1 is 1.41 bits per heavy atom. The number of carbonyl (C=O) groups is 2. The van der Waals surface area contributed by atoms with Gasteiger partial charge >= 0.3 is 5.97 Å². The van der Waals surface area contributed by atoms with Gasteiger partial charge in [0, 0.05) is 41.8 Å². The van der Waals surface area contributed by atoms with Crippen molar-refractivity contribution in [1.29, 1.82) is 0 Å². The van der Waals surface area contributed by atoms with E-state index in [9.17, 15) is 13.8 Å². The van der Waals surface area contributed by atoms with Crippen molar-refractivity contribution in [2.45, 2.75) is 12.5 Å². The molecule has 0 aromatic rings. The van der Waals surface area contributed by atoms with Gasteiger partial charge in [-0.3, -0.25) is 9.00 Å². The standard InChI is InChI=1S/C9H12N2O5S/c12-8(11-1-3-17(15)4-2-11)7-5-6(9(13)14)10-16-7/h7H,1-5H2,(H,13,14). The maximum absolute atomic E-state index is 11.9. The molecule has 2 rings (SSSR count). The van der Waals surface area contributed by atoms with E-state index < -0.39 is 22.9 Å². The Balaban J connectivity index is 1.90. The number of hydrogen-bond donors (Lipinski definition) is 1. The first-order valence-corrected chi connectivity index (χ1v) is 6.66. The zero-order chi connectivity index (χ0) is 12.4. The number of nitrogens with zero attached hydrogens (tertiary/aromatic N) is 2. The average molecular weight is 260 g/mol. The van der Waals surface area contributed by atoms with Crippen LogP contribution < -0.4 is 0 Å². The number of rotatable bonds is 2. The van der Waals surface area contributed by atoms with Gasteiger partial charge < -0.3 is 14.8 Å². The number of amides is 1. The summed E-state index contributed by atoms with van der Waals surface area (Å²) in [5.74, 6) is -0.516. The van der Waals surface area contributed by atoms with E-state index in [2.05, 4.69) is 5.16 Å². The molecule has 2 heterocycles. The van der Waals surface area contributed by atoms with Crippen molar-refractivity contribution in [3.05, 3.63) is 0 Å². The molecular formula is C9H12N2O5S. The molecule has 0 bridgehead atoms.